The summed E-state index contributed by atoms with van der Waals surface area (Å²) >= 11 is 0. The highest BCUT2D eigenvalue weighted by Crippen LogP contribution is 2.42. The maximum Gasteiger partial charge on any atom is 0.416 e. The molecule has 2 aromatic rings. The van der Waals surface area contributed by atoms with E-state index in [9.17, 15) is 18.0 Å². The van der Waals surface area contributed by atoms with E-state index >= 15 is 0 Å². The van der Waals surface area contributed by atoms with Crippen LogP contribution in [0.5, 0.6) is 0 Å². The topological polar surface area (TPSA) is 46.9 Å². The fourth-order valence-electron chi connectivity index (χ4n) is 2.67. The van der Waals surface area contributed by atoms with Gasteiger partial charge in [0.05, 0.1) is 5.56 Å². The lowest BCUT2D eigenvalue weighted by atomic mass is 9.84. The first-order valence-electron chi connectivity index (χ1n) is 6.36. The van der Waals surface area contributed by atoms with Crippen molar-refractivity contribution in [3.8, 4) is 0 Å². The molecule has 2 heterocycles. The number of aromatic nitrogens is 2. The summed E-state index contributed by atoms with van der Waals surface area (Å²) in [5.41, 5.74) is 0.00223. The minimum atomic E-state index is -4.45. The van der Waals surface area contributed by atoms with Crippen LogP contribution in [0.25, 0.3) is 0 Å². The van der Waals surface area contributed by atoms with Crippen molar-refractivity contribution in [1.82, 2.24) is 9.78 Å². The molecular formula is C14H12F3N3O. The quantitative estimate of drug-likeness (QED) is 0.879. The molecule has 0 spiro atoms. The number of nitrogens with one attached hydrogen (secondary N) is 1. The molecule has 1 atom stereocenters. The molecule has 3 rings (SSSR count). The maximum absolute atomic E-state index is 13.2. The molecule has 110 valence electrons. The number of anilines is 1. The molecule has 1 aliphatic heterocycles. The zero-order valence-corrected chi connectivity index (χ0v) is 11.1. The van der Waals surface area contributed by atoms with Crippen LogP contribution in [0, 0.1) is 0 Å². The Labute approximate surface area is 118 Å². The molecule has 0 saturated carbocycles. The van der Waals surface area contributed by atoms with Crippen LogP contribution in [0.1, 0.15) is 29.0 Å². The van der Waals surface area contributed by atoms with Gasteiger partial charge in [-0.25, -0.2) is 0 Å². The zero-order valence-electron chi connectivity index (χ0n) is 11.1. The molecule has 1 aromatic heterocycles. The molecule has 0 fully saturated rings. The SMILES string of the molecule is Cn1cc2c(n1)NC(=O)CC2c1ccccc1C(F)(F)F. The lowest BCUT2D eigenvalue weighted by molar-refractivity contribution is -0.138. The van der Waals surface area contributed by atoms with E-state index in [0.717, 1.165) is 6.07 Å². The number of nitrogens with zero attached hydrogens (tertiary/aromatic N) is 2. The summed E-state index contributed by atoms with van der Waals surface area (Å²) in [4.78, 5) is 11.7. The predicted molar refractivity (Wildman–Crippen MR) is 69.7 cm³/mol. The highest BCUT2D eigenvalue weighted by molar-refractivity contribution is 5.94. The summed E-state index contributed by atoms with van der Waals surface area (Å²) in [6.45, 7) is 0. The Balaban J connectivity index is 2.15. The van der Waals surface area contributed by atoms with Crippen LogP contribution in [0.15, 0.2) is 30.5 Å². The smallest absolute Gasteiger partial charge is 0.309 e. The second-order valence-corrected chi connectivity index (χ2v) is 5.00. The van der Waals surface area contributed by atoms with Gasteiger partial charge in [-0.05, 0) is 11.6 Å². The third-order valence-corrected chi connectivity index (χ3v) is 3.52. The van der Waals surface area contributed by atoms with Gasteiger partial charge in [0.25, 0.3) is 0 Å². The number of hydrogen-bond donors (Lipinski definition) is 1. The number of halogens is 3. The van der Waals surface area contributed by atoms with Crippen molar-refractivity contribution >= 4 is 11.7 Å². The molecule has 4 nitrogen and oxygen atoms in total. The van der Waals surface area contributed by atoms with Crippen molar-refractivity contribution in [2.75, 3.05) is 5.32 Å². The highest BCUT2D eigenvalue weighted by Gasteiger charge is 2.38. The van der Waals surface area contributed by atoms with Crippen molar-refractivity contribution in [2.45, 2.75) is 18.5 Å². The van der Waals surface area contributed by atoms with Gasteiger partial charge in [-0.2, -0.15) is 18.3 Å². The van der Waals surface area contributed by atoms with Crippen LogP contribution in [0.2, 0.25) is 0 Å². The summed E-state index contributed by atoms with van der Waals surface area (Å²) in [5.74, 6) is -0.640. The van der Waals surface area contributed by atoms with E-state index in [4.69, 9.17) is 0 Å². The van der Waals surface area contributed by atoms with Crippen molar-refractivity contribution in [3.05, 3.63) is 47.2 Å². The second-order valence-electron chi connectivity index (χ2n) is 5.00. The van der Waals surface area contributed by atoms with Gasteiger partial charge < -0.3 is 5.32 Å². The van der Waals surface area contributed by atoms with Crippen molar-refractivity contribution in [2.24, 2.45) is 7.05 Å². The highest BCUT2D eigenvalue weighted by atomic mass is 19.4. The summed E-state index contributed by atoms with van der Waals surface area (Å²) in [5, 5.41) is 6.66. The van der Waals surface area contributed by atoms with E-state index in [0.29, 0.717) is 11.4 Å². The number of fused-ring (bicyclic) bond motifs is 1. The fraction of sp³-hybridized carbons (Fsp3) is 0.286. The molecular weight excluding hydrogens is 283 g/mol. The average Bonchev–Trinajstić information content (AvgIpc) is 2.77. The number of carbonyl (C=O) groups is 1. The minimum Gasteiger partial charge on any atom is -0.309 e. The molecule has 7 heteroatoms. The maximum atomic E-state index is 13.2. The summed E-state index contributed by atoms with van der Waals surface area (Å²) < 4.78 is 41.0. The number of alkyl halides is 3. The minimum absolute atomic E-state index is 0.0220. The van der Waals surface area contributed by atoms with Crippen LogP contribution in [-0.2, 0) is 18.0 Å². The lowest BCUT2D eigenvalue weighted by Crippen LogP contribution is -2.24. The molecule has 1 aromatic carbocycles. The van der Waals surface area contributed by atoms with Gasteiger partial charge in [0.2, 0.25) is 5.91 Å². The van der Waals surface area contributed by atoms with E-state index in [1.807, 2.05) is 0 Å². The van der Waals surface area contributed by atoms with Gasteiger partial charge in [0.1, 0.15) is 0 Å². The molecule has 1 aliphatic rings. The monoisotopic (exact) mass is 295 g/mol. The molecule has 0 saturated heterocycles. The van der Waals surface area contributed by atoms with Crippen LogP contribution >= 0.6 is 0 Å². The third-order valence-electron chi connectivity index (χ3n) is 3.52. The normalized spacial score (nSPS) is 18.3. The van der Waals surface area contributed by atoms with Gasteiger partial charge in [-0.3, -0.25) is 9.48 Å². The Bertz CT molecular complexity index is 706. The fourth-order valence-corrected chi connectivity index (χ4v) is 2.67. The van der Waals surface area contributed by atoms with E-state index in [2.05, 4.69) is 10.4 Å². The Kier molecular flexibility index (Phi) is 3.00. The van der Waals surface area contributed by atoms with Crippen molar-refractivity contribution in [3.63, 3.8) is 0 Å². The third kappa shape index (κ3) is 2.39. The van der Waals surface area contributed by atoms with Gasteiger partial charge in [0, 0.05) is 31.1 Å². The number of amides is 1. The largest absolute Gasteiger partial charge is 0.416 e. The van der Waals surface area contributed by atoms with Crippen LogP contribution in [0.3, 0.4) is 0 Å². The number of rotatable bonds is 1. The van der Waals surface area contributed by atoms with Crippen LogP contribution < -0.4 is 5.32 Å². The van der Waals surface area contributed by atoms with E-state index in [1.165, 1.54) is 16.8 Å². The first-order valence-corrected chi connectivity index (χ1v) is 6.36. The van der Waals surface area contributed by atoms with Crippen molar-refractivity contribution in [1.29, 1.82) is 0 Å². The molecule has 0 radical (unpaired) electrons. The van der Waals surface area contributed by atoms with Gasteiger partial charge in [-0.1, -0.05) is 18.2 Å². The summed E-state index contributed by atoms with van der Waals surface area (Å²) in [7, 11) is 1.66. The Morgan fingerprint density at radius 3 is 2.71 bits per heavy atom. The molecule has 0 aliphatic carbocycles. The van der Waals surface area contributed by atoms with E-state index < -0.39 is 17.7 Å². The number of hydrogen-bond acceptors (Lipinski definition) is 2. The van der Waals surface area contributed by atoms with Crippen LogP contribution in [0.4, 0.5) is 19.0 Å². The van der Waals surface area contributed by atoms with Crippen molar-refractivity contribution < 1.29 is 18.0 Å². The summed E-state index contributed by atoms with van der Waals surface area (Å²) in [6, 6.07) is 5.35. The number of aryl methyl sites for hydroxylation is 1. The molecule has 1 N–H and O–H groups in total. The molecule has 0 bridgehead atoms. The average molecular weight is 295 g/mol. The Morgan fingerprint density at radius 2 is 2.00 bits per heavy atom. The molecule has 1 unspecified atom stereocenters. The van der Waals surface area contributed by atoms with Gasteiger partial charge in [0.15, 0.2) is 5.82 Å². The Hall–Kier alpha value is -2.31. The van der Waals surface area contributed by atoms with E-state index in [1.54, 1.807) is 19.3 Å². The standard InChI is InChI=1S/C14H12F3N3O/c1-20-7-10-9(6-12(21)18-13(10)19-20)8-4-2-3-5-11(8)14(15,16)17/h2-5,7,9H,6H2,1H3,(H,18,19,21). The molecule has 1 amide bonds. The first-order chi connectivity index (χ1) is 9.86. The predicted octanol–water partition coefficient (Wildman–Crippen LogP) is 2.91. The number of carbonyl (C=O) groups excluding carboxylic acids is 1. The number of benzene rings is 1. The zero-order chi connectivity index (χ0) is 15.2. The summed E-state index contributed by atoms with van der Waals surface area (Å²) in [6.07, 6.45) is -2.83. The van der Waals surface area contributed by atoms with Gasteiger partial charge >= 0.3 is 6.18 Å². The first kappa shape index (κ1) is 13.7. The van der Waals surface area contributed by atoms with Crippen LogP contribution in [-0.4, -0.2) is 15.7 Å². The van der Waals surface area contributed by atoms with Gasteiger partial charge in [-0.15, -0.1) is 0 Å². The Morgan fingerprint density at radius 1 is 1.29 bits per heavy atom. The molecule has 21 heavy (non-hydrogen) atoms. The van der Waals surface area contributed by atoms with E-state index in [-0.39, 0.29) is 17.9 Å². The lowest BCUT2D eigenvalue weighted by Gasteiger charge is -2.24. The second kappa shape index (κ2) is 4.61.